The standard InChI is InChI=1S/C20H21N3O4/c1-12(2)6-7-23-19(24)15(9-21)13(3)16(20(23)25)10-22-14-4-5-17-18(8-14)27-11-26-17/h4-5,8,10,12,25H,6-7,11H2,1-3H3. The van der Waals surface area contributed by atoms with Crippen LogP contribution in [0.15, 0.2) is 28.0 Å². The summed E-state index contributed by atoms with van der Waals surface area (Å²) in [5, 5.41) is 20.0. The smallest absolute Gasteiger partial charge is 0.271 e. The van der Waals surface area contributed by atoms with E-state index in [9.17, 15) is 15.2 Å². The number of ether oxygens (including phenoxy) is 2. The van der Waals surface area contributed by atoms with Crippen LogP contribution in [0.2, 0.25) is 0 Å². The molecule has 2 heterocycles. The highest BCUT2D eigenvalue weighted by atomic mass is 16.7. The van der Waals surface area contributed by atoms with Gasteiger partial charge < -0.3 is 14.6 Å². The monoisotopic (exact) mass is 367 g/mol. The molecule has 1 aromatic carbocycles. The summed E-state index contributed by atoms with van der Waals surface area (Å²) in [6, 6.07) is 7.19. The number of rotatable bonds is 5. The first-order valence-corrected chi connectivity index (χ1v) is 8.72. The maximum atomic E-state index is 12.5. The first kappa shape index (κ1) is 18.5. The Bertz CT molecular complexity index is 1000. The van der Waals surface area contributed by atoms with Gasteiger partial charge in [-0.15, -0.1) is 0 Å². The average molecular weight is 367 g/mol. The lowest BCUT2D eigenvalue weighted by Crippen LogP contribution is -2.26. The molecule has 0 aliphatic carbocycles. The van der Waals surface area contributed by atoms with Gasteiger partial charge in [-0.25, -0.2) is 0 Å². The highest BCUT2D eigenvalue weighted by molar-refractivity contribution is 5.87. The zero-order chi connectivity index (χ0) is 19.6. The van der Waals surface area contributed by atoms with Crippen molar-refractivity contribution in [1.29, 1.82) is 5.26 Å². The van der Waals surface area contributed by atoms with Crippen molar-refractivity contribution in [3.63, 3.8) is 0 Å². The normalized spacial score (nSPS) is 12.7. The molecule has 1 aliphatic rings. The number of aliphatic imine (C=N–C) groups is 1. The molecule has 7 nitrogen and oxygen atoms in total. The van der Waals surface area contributed by atoms with Gasteiger partial charge in [0.15, 0.2) is 11.5 Å². The molecule has 0 spiro atoms. The molecule has 1 aromatic heterocycles. The van der Waals surface area contributed by atoms with Crippen LogP contribution in [0, 0.1) is 24.2 Å². The van der Waals surface area contributed by atoms with Crippen LogP contribution in [0.4, 0.5) is 5.69 Å². The molecule has 7 heteroatoms. The van der Waals surface area contributed by atoms with Gasteiger partial charge in [0.25, 0.3) is 5.56 Å². The fourth-order valence-corrected chi connectivity index (χ4v) is 2.82. The van der Waals surface area contributed by atoms with E-state index in [1.165, 1.54) is 10.8 Å². The number of aromatic nitrogens is 1. The predicted octanol–water partition coefficient (Wildman–Crippen LogP) is 3.26. The van der Waals surface area contributed by atoms with E-state index in [0.717, 1.165) is 0 Å². The fraction of sp³-hybridized carbons (Fsp3) is 0.350. The van der Waals surface area contributed by atoms with E-state index in [4.69, 9.17) is 9.47 Å². The van der Waals surface area contributed by atoms with Crippen molar-refractivity contribution >= 4 is 11.9 Å². The van der Waals surface area contributed by atoms with Crippen molar-refractivity contribution in [2.24, 2.45) is 10.9 Å². The Morgan fingerprint density at radius 2 is 2.11 bits per heavy atom. The minimum atomic E-state index is -0.478. The summed E-state index contributed by atoms with van der Waals surface area (Å²) in [5.74, 6) is 1.43. The number of nitrogens with zero attached hydrogens (tertiary/aromatic N) is 3. The molecule has 3 rings (SSSR count). The SMILES string of the molecule is Cc1c(C=Nc2ccc3c(c2)OCO3)c(O)n(CCC(C)C)c(=O)c1C#N. The number of hydrogen-bond donors (Lipinski definition) is 1. The zero-order valence-electron chi connectivity index (χ0n) is 15.5. The summed E-state index contributed by atoms with van der Waals surface area (Å²) < 4.78 is 11.8. The summed E-state index contributed by atoms with van der Waals surface area (Å²) >= 11 is 0. The molecule has 0 unspecified atom stereocenters. The van der Waals surface area contributed by atoms with E-state index < -0.39 is 5.56 Å². The molecule has 1 aliphatic heterocycles. The summed E-state index contributed by atoms with van der Waals surface area (Å²) in [6.07, 6.45) is 2.18. The van der Waals surface area contributed by atoms with Gasteiger partial charge in [0, 0.05) is 18.8 Å². The molecule has 27 heavy (non-hydrogen) atoms. The van der Waals surface area contributed by atoms with Gasteiger partial charge in [0.05, 0.1) is 11.3 Å². The van der Waals surface area contributed by atoms with Crippen LogP contribution in [0.25, 0.3) is 0 Å². The van der Waals surface area contributed by atoms with Gasteiger partial charge in [0.2, 0.25) is 12.7 Å². The third-order valence-corrected chi connectivity index (χ3v) is 4.48. The van der Waals surface area contributed by atoms with Crippen LogP contribution in [0.5, 0.6) is 17.4 Å². The number of nitriles is 1. The molecule has 0 bridgehead atoms. The molecule has 140 valence electrons. The molecular formula is C20H21N3O4. The number of fused-ring (bicyclic) bond motifs is 1. The number of pyridine rings is 1. The number of aromatic hydroxyl groups is 1. The second-order valence-corrected chi connectivity index (χ2v) is 6.78. The third kappa shape index (κ3) is 3.65. The van der Waals surface area contributed by atoms with Crippen LogP contribution >= 0.6 is 0 Å². The minimum absolute atomic E-state index is 0.0173. The second kappa shape index (κ2) is 7.54. The molecular weight excluding hydrogens is 346 g/mol. The Kier molecular flexibility index (Phi) is 5.17. The van der Waals surface area contributed by atoms with Gasteiger partial charge >= 0.3 is 0 Å². The average Bonchev–Trinajstić information content (AvgIpc) is 3.09. The molecule has 1 N–H and O–H groups in total. The van der Waals surface area contributed by atoms with Crippen LogP contribution in [0.1, 0.15) is 37.0 Å². The number of hydrogen-bond acceptors (Lipinski definition) is 6. The topological polar surface area (TPSA) is 96.8 Å². The molecule has 0 radical (unpaired) electrons. The molecule has 0 saturated carbocycles. The maximum absolute atomic E-state index is 12.5. The summed E-state index contributed by atoms with van der Waals surface area (Å²) in [5.41, 5.74) is 0.909. The van der Waals surface area contributed by atoms with Gasteiger partial charge in [-0.1, -0.05) is 13.8 Å². The van der Waals surface area contributed by atoms with E-state index in [2.05, 4.69) is 4.99 Å². The van der Waals surface area contributed by atoms with Crippen molar-refractivity contribution < 1.29 is 14.6 Å². The Morgan fingerprint density at radius 3 is 2.81 bits per heavy atom. The van der Waals surface area contributed by atoms with Crippen molar-refractivity contribution in [3.8, 4) is 23.4 Å². The Hall–Kier alpha value is -3.27. The van der Waals surface area contributed by atoms with Crippen LogP contribution < -0.4 is 15.0 Å². The van der Waals surface area contributed by atoms with Crippen molar-refractivity contribution in [2.45, 2.75) is 33.7 Å². The third-order valence-electron chi connectivity index (χ3n) is 4.48. The molecule has 0 fully saturated rings. The lowest BCUT2D eigenvalue weighted by atomic mass is 10.1. The molecule has 0 atom stereocenters. The predicted molar refractivity (Wildman–Crippen MR) is 101 cm³/mol. The fourth-order valence-electron chi connectivity index (χ4n) is 2.82. The van der Waals surface area contributed by atoms with Crippen molar-refractivity contribution in [1.82, 2.24) is 4.57 Å². The molecule has 0 saturated heterocycles. The quantitative estimate of drug-likeness (QED) is 0.818. The van der Waals surface area contributed by atoms with Gasteiger partial charge in [0.1, 0.15) is 11.6 Å². The first-order valence-electron chi connectivity index (χ1n) is 8.72. The van der Waals surface area contributed by atoms with E-state index in [1.54, 1.807) is 25.1 Å². The minimum Gasteiger partial charge on any atom is -0.494 e. The first-order chi connectivity index (χ1) is 12.9. The highest BCUT2D eigenvalue weighted by Crippen LogP contribution is 2.35. The summed E-state index contributed by atoms with van der Waals surface area (Å²) in [4.78, 5) is 16.9. The Morgan fingerprint density at radius 1 is 1.37 bits per heavy atom. The van der Waals surface area contributed by atoms with Crippen LogP contribution in [0.3, 0.4) is 0 Å². The Labute approximate surface area is 157 Å². The van der Waals surface area contributed by atoms with Crippen molar-refractivity contribution in [3.05, 3.63) is 45.2 Å². The lowest BCUT2D eigenvalue weighted by Gasteiger charge is -2.14. The molecule has 0 amide bonds. The largest absolute Gasteiger partial charge is 0.494 e. The van der Waals surface area contributed by atoms with E-state index in [-0.39, 0.29) is 18.2 Å². The summed E-state index contributed by atoms with van der Waals surface area (Å²) in [7, 11) is 0. The van der Waals surface area contributed by atoms with E-state index >= 15 is 0 Å². The lowest BCUT2D eigenvalue weighted by molar-refractivity contribution is 0.174. The highest BCUT2D eigenvalue weighted by Gasteiger charge is 2.18. The van der Waals surface area contributed by atoms with E-state index in [0.29, 0.717) is 47.2 Å². The second-order valence-electron chi connectivity index (χ2n) is 6.78. The van der Waals surface area contributed by atoms with Gasteiger partial charge in [-0.3, -0.25) is 14.4 Å². The Balaban J connectivity index is 2.02. The summed E-state index contributed by atoms with van der Waals surface area (Å²) in [6.45, 7) is 6.21. The van der Waals surface area contributed by atoms with Gasteiger partial charge in [-0.05, 0) is 37.0 Å². The maximum Gasteiger partial charge on any atom is 0.271 e. The van der Waals surface area contributed by atoms with E-state index in [1.807, 2.05) is 19.9 Å². The van der Waals surface area contributed by atoms with Gasteiger partial charge in [-0.2, -0.15) is 5.26 Å². The molecule has 2 aromatic rings. The zero-order valence-corrected chi connectivity index (χ0v) is 15.5. The van der Waals surface area contributed by atoms with Crippen LogP contribution in [-0.4, -0.2) is 22.7 Å². The van der Waals surface area contributed by atoms with Crippen molar-refractivity contribution in [2.75, 3.05) is 6.79 Å². The number of benzene rings is 1. The van der Waals surface area contributed by atoms with Crippen LogP contribution in [-0.2, 0) is 6.54 Å².